The third kappa shape index (κ3) is 3.39. The highest BCUT2D eigenvalue weighted by atomic mass is 35.5. The van der Waals surface area contributed by atoms with Gasteiger partial charge >= 0.3 is 13.3 Å². The van der Waals surface area contributed by atoms with Gasteiger partial charge in [-0.15, -0.1) is 11.3 Å². The maximum atomic E-state index is 14.0. The van der Waals surface area contributed by atoms with Crippen molar-refractivity contribution in [1.82, 2.24) is 0 Å². The van der Waals surface area contributed by atoms with E-state index in [0.29, 0.717) is 17.0 Å². The summed E-state index contributed by atoms with van der Waals surface area (Å²) in [6.07, 6.45) is 0. The van der Waals surface area contributed by atoms with Crippen LogP contribution in [0.2, 0.25) is 5.02 Å². The number of halogens is 3. The van der Waals surface area contributed by atoms with Crippen molar-refractivity contribution >= 4 is 52.2 Å². The summed E-state index contributed by atoms with van der Waals surface area (Å²) in [7, 11) is -5.74. The summed E-state index contributed by atoms with van der Waals surface area (Å²) in [6, 6.07) is 12.8. The summed E-state index contributed by atoms with van der Waals surface area (Å²) in [6.45, 7) is 0. The van der Waals surface area contributed by atoms with Crippen LogP contribution in [0.15, 0.2) is 48.5 Å². The number of rotatable bonds is 4. The fourth-order valence-corrected chi connectivity index (χ4v) is 4.59. The first-order valence-electron chi connectivity index (χ1n) is 7.13. The minimum Gasteiger partial charge on any atom is -0.322 e. The molecule has 2 aromatic carbocycles. The third-order valence-corrected chi connectivity index (χ3v) is 6.41. The van der Waals surface area contributed by atoms with Gasteiger partial charge in [0, 0.05) is 21.3 Å². The zero-order valence-corrected chi connectivity index (χ0v) is 15.3. The van der Waals surface area contributed by atoms with Crippen molar-refractivity contribution < 1.29 is 27.9 Å². The number of carbonyl (C=O) groups is 1. The van der Waals surface area contributed by atoms with Crippen LogP contribution in [0.1, 0.15) is 15.2 Å². The molecule has 0 aliphatic rings. The molecule has 0 spiro atoms. The third-order valence-electron chi connectivity index (χ3n) is 3.56. The van der Waals surface area contributed by atoms with Gasteiger partial charge in [-0.3, -0.25) is 9.36 Å². The van der Waals surface area contributed by atoms with Crippen molar-refractivity contribution in [2.75, 3.05) is 5.32 Å². The molecule has 1 heterocycles. The van der Waals surface area contributed by atoms with E-state index >= 15 is 0 Å². The summed E-state index contributed by atoms with van der Waals surface area (Å²) in [5.41, 5.74) is -3.67. The largest absolute Gasteiger partial charge is 0.400 e. The fraction of sp³-hybridized carbons (Fsp3) is 0.0625. The zero-order chi connectivity index (χ0) is 19.1. The first-order valence-corrected chi connectivity index (χ1v) is 9.94. The van der Waals surface area contributed by atoms with Crippen LogP contribution in [0.3, 0.4) is 0 Å². The molecule has 0 bridgehead atoms. The minimum atomic E-state index is -5.74. The summed E-state index contributed by atoms with van der Waals surface area (Å²) in [5.74, 6) is -0.469. The van der Waals surface area contributed by atoms with Gasteiger partial charge in [-0.05, 0) is 30.3 Å². The SMILES string of the molecule is O=C(Nc1ccccc1)c1ccc2sc(C(F)(F)P(=O)(O)O)c(Cl)c2c1. The van der Waals surface area contributed by atoms with Gasteiger partial charge in [0.2, 0.25) is 0 Å². The maximum absolute atomic E-state index is 14.0. The van der Waals surface area contributed by atoms with Crippen LogP contribution in [-0.4, -0.2) is 15.7 Å². The van der Waals surface area contributed by atoms with Gasteiger partial charge in [0.15, 0.2) is 0 Å². The van der Waals surface area contributed by atoms with Crippen LogP contribution < -0.4 is 5.32 Å². The summed E-state index contributed by atoms with van der Waals surface area (Å²) < 4.78 is 39.4. The minimum absolute atomic E-state index is 0.125. The Bertz CT molecular complexity index is 1040. The molecule has 0 aliphatic carbocycles. The van der Waals surface area contributed by atoms with E-state index in [-0.39, 0.29) is 15.6 Å². The van der Waals surface area contributed by atoms with Crippen LogP contribution >= 0.6 is 30.5 Å². The molecule has 10 heteroatoms. The first-order chi connectivity index (χ1) is 12.1. The molecule has 0 saturated carbocycles. The number of para-hydroxylation sites is 1. The Morgan fingerprint density at radius 2 is 1.81 bits per heavy atom. The zero-order valence-electron chi connectivity index (χ0n) is 12.8. The molecule has 1 amide bonds. The lowest BCUT2D eigenvalue weighted by Gasteiger charge is -2.16. The van der Waals surface area contributed by atoms with E-state index in [1.165, 1.54) is 18.2 Å². The lowest BCUT2D eigenvalue weighted by molar-refractivity contribution is 0.0603. The molecule has 0 saturated heterocycles. The second-order valence-electron chi connectivity index (χ2n) is 5.36. The lowest BCUT2D eigenvalue weighted by atomic mass is 10.1. The van der Waals surface area contributed by atoms with Crippen LogP contribution in [-0.2, 0) is 10.2 Å². The number of amides is 1. The van der Waals surface area contributed by atoms with Gasteiger partial charge in [0.25, 0.3) is 5.91 Å². The smallest absolute Gasteiger partial charge is 0.322 e. The number of thiophene rings is 1. The highest BCUT2D eigenvalue weighted by molar-refractivity contribution is 7.53. The number of fused-ring (bicyclic) bond motifs is 1. The molecule has 3 rings (SSSR count). The van der Waals surface area contributed by atoms with Gasteiger partial charge in [-0.2, -0.15) is 8.78 Å². The summed E-state index contributed by atoms with van der Waals surface area (Å²) in [5, 5.41) is 2.30. The van der Waals surface area contributed by atoms with Crippen molar-refractivity contribution in [2.45, 2.75) is 5.66 Å². The molecule has 3 N–H and O–H groups in total. The van der Waals surface area contributed by atoms with Gasteiger partial charge in [0.05, 0.1) is 5.02 Å². The predicted molar refractivity (Wildman–Crippen MR) is 97.2 cm³/mol. The quantitative estimate of drug-likeness (QED) is 0.519. The average Bonchev–Trinajstić information content (AvgIpc) is 2.92. The molecular weight excluding hydrogens is 407 g/mol. The van der Waals surface area contributed by atoms with Crippen LogP contribution in [0, 0.1) is 0 Å². The van der Waals surface area contributed by atoms with E-state index in [2.05, 4.69) is 5.32 Å². The van der Waals surface area contributed by atoms with Gasteiger partial charge in [-0.25, -0.2) is 0 Å². The molecular formula is C16H11ClF2NO4PS. The van der Waals surface area contributed by atoms with Crippen molar-refractivity contribution in [3.05, 3.63) is 64.0 Å². The molecule has 3 aromatic rings. The maximum Gasteiger partial charge on any atom is 0.400 e. The highest BCUT2D eigenvalue weighted by Gasteiger charge is 2.53. The molecule has 0 aliphatic heterocycles. The van der Waals surface area contributed by atoms with Crippen molar-refractivity contribution in [3.8, 4) is 0 Å². The fourth-order valence-electron chi connectivity index (χ4n) is 2.26. The summed E-state index contributed by atoms with van der Waals surface area (Å²) in [4.78, 5) is 29.2. The number of benzene rings is 2. The Balaban J connectivity index is 2.01. The Morgan fingerprint density at radius 1 is 1.15 bits per heavy atom. The van der Waals surface area contributed by atoms with Crippen LogP contribution in [0.5, 0.6) is 0 Å². The second-order valence-corrected chi connectivity index (χ2v) is 8.44. The van der Waals surface area contributed by atoms with E-state index in [1.807, 2.05) is 0 Å². The molecule has 0 unspecified atom stereocenters. The van der Waals surface area contributed by atoms with E-state index in [9.17, 15) is 18.1 Å². The Hall–Kier alpha value is -1.83. The topological polar surface area (TPSA) is 86.6 Å². The Labute approximate surface area is 155 Å². The van der Waals surface area contributed by atoms with Gasteiger partial charge in [0.1, 0.15) is 4.88 Å². The number of alkyl halides is 2. The first kappa shape index (κ1) is 18.9. The van der Waals surface area contributed by atoms with E-state index in [1.54, 1.807) is 30.3 Å². The van der Waals surface area contributed by atoms with Gasteiger partial charge < -0.3 is 15.1 Å². The predicted octanol–water partition coefficient (Wildman–Crippen LogP) is 5.03. The number of nitrogens with one attached hydrogen (secondary N) is 1. The molecule has 136 valence electrons. The van der Waals surface area contributed by atoms with Crippen LogP contribution in [0.4, 0.5) is 14.5 Å². The Morgan fingerprint density at radius 3 is 2.42 bits per heavy atom. The number of hydrogen-bond donors (Lipinski definition) is 3. The van der Waals surface area contributed by atoms with E-state index in [4.69, 9.17) is 21.4 Å². The van der Waals surface area contributed by atoms with Crippen LogP contribution in [0.25, 0.3) is 10.1 Å². The molecule has 5 nitrogen and oxygen atoms in total. The van der Waals surface area contributed by atoms with E-state index < -0.39 is 29.1 Å². The standard InChI is InChI=1S/C16H11ClF2NO4PS/c17-13-11-8-9(15(21)20-10-4-2-1-3-5-10)6-7-12(11)26-14(13)16(18,19)25(22,23)24/h1-8H,(H,20,21)(H2,22,23,24). The highest BCUT2D eigenvalue weighted by Crippen LogP contribution is 2.62. The molecule has 0 fully saturated rings. The monoisotopic (exact) mass is 417 g/mol. The molecule has 0 radical (unpaired) electrons. The Kier molecular flexibility index (Phi) is 4.90. The lowest BCUT2D eigenvalue weighted by Crippen LogP contribution is -2.12. The van der Waals surface area contributed by atoms with Crippen molar-refractivity contribution in [3.63, 3.8) is 0 Å². The second kappa shape index (κ2) is 6.72. The normalized spacial score (nSPS) is 12.3. The van der Waals surface area contributed by atoms with Gasteiger partial charge in [-0.1, -0.05) is 29.8 Å². The van der Waals surface area contributed by atoms with E-state index in [0.717, 1.165) is 0 Å². The van der Waals surface area contributed by atoms with Crippen molar-refractivity contribution in [2.24, 2.45) is 0 Å². The summed E-state index contributed by atoms with van der Waals surface area (Å²) >= 11 is 6.42. The number of carbonyl (C=O) groups excluding carboxylic acids is 1. The average molecular weight is 418 g/mol. The number of anilines is 1. The molecule has 26 heavy (non-hydrogen) atoms. The molecule has 1 aromatic heterocycles. The molecule has 0 atom stereocenters. The van der Waals surface area contributed by atoms with Crippen molar-refractivity contribution in [1.29, 1.82) is 0 Å². The number of hydrogen-bond acceptors (Lipinski definition) is 3.